The van der Waals surface area contributed by atoms with E-state index in [-0.39, 0.29) is 0 Å². The zero-order chi connectivity index (χ0) is 5.86. The van der Waals surface area contributed by atoms with Gasteiger partial charge in [0.15, 0.2) is 0 Å². The van der Waals surface area contributed by atoms with Crippen LogP contribution in [0.25, 0.3) is 0 Å². The molecule has 0 radical (unpaired) electrons. The maximum atomic E-state index is 11.3. The van der Waals surface area contributed by atoms with Gasteiger partial charge in [0.1, 0.15) is 0 Å². The summed E-state index contributed by atoms with van der Waals surface area (Å²) in [5, 5.41) is 0.308. The van der Waals surface area contributed by atoms with E-state index in [0.717, 1.165) is 0 Å². The van der Waals surface area contributed by atoms with Crippen LogP contribution in [0.4, 0.5) is 4.39 Å². The van der Waals surface area contributed by atoms with Crippen molar-refractivity contribution >= 4 is 22.0 Å². The number of halogens is 1. The Hall–Kier alpha value is 0.0795. The average molecular weight is 170 g/mol. The number of rotatable bonds is 2. The van der Waals surface area contributed by atoms with Crippen LogP contribution in [0.5, 0.6) is 0 Å². The second kappa shape index (κ2) is 3.13. The fourth-order valence-electron chi connectivity index (χ4n) is 0.0718. The second-order valence-corrected chi connectivity index (χ2v) is 1.86. The molecule has 0 aromatic rings. The van der Waals surface area contributed by atoms with Crippen molar-refractivity contribution < 1.29 is 9.18 Å². The van der Waals surface area contributed by atoms with Crippen molar-refractivity contribution in [2.45, 2.75) is 11.4 Å². The third-order valence-electron chi connectivity index (χ3n) is 0.488. The fraction of sp³-hybridized carbons (Fsp3) is 0.667. The van der Waals surface area contributed by atoms with E-state index in [1.807, 2.05) is 16.0 Å². The molecule has 7 heavy (non-hydrogen) atoms. The van der Waals surface area contributed by atoms with Crippen LogP contribution >= 0.6 is 0 Å². The summed E-state index contributed by atoms with van der Waals surface area (Å²) >= 11 is 2.05. The molecule has 42 valence electrons. The van der Waals surface area contributed by atoms with Crippen molar-refractivity contribution in [2.24, 2.45) is 5.73 Å². The summed E-state index contributed by atoms with van der Waals surface area (Å²) in [6.07, 6.45) is 0. The topological polar surface area (TPSA) is 43.1 Å². The van der Waals surface area contributed by atoms with Gasteiger partial charge in [0.05, 0.1) is 0 Å². The van der Waals surface area contributed by atoms with Crippen LogP contribution in [0, 0.1) is 0 Å². The molecule has 0 saturated heterocycles. The van der Waals surface area contributed by atoms with Crippen LogP contribution < -0.4 is 5.73 Å². The first-order valence-electron chi connectivity index (χ1n) is 1.74. The molecule has 0 bridgehead atoms. The molecule has 4 heteroatoms. The zero-order valence-corrected chi connectivity index (χ0v) is 5.47. The zero-order valence-electron chi connectivity index (χ0n) is 3.60. The molecule has 0 saturated carbocycles. The van der Waals surface area contributed by atoms with Gasteiger partial charge in [-0.3, -0.25) is 0 Å². The summed E-state index contributed by atoms with van der Waals surface area (Å²) in [6, 6.07) is -2.37. The van der Waals surface area contributed by atoms with Crippen LogP contribution in [0.2, 0.25) is 5.32 Å². The fourth-order valence-corrected chi connectivity index (χ4v) is 0.373. The molecule has 2 nitrogen and oxygen atoms in total. The predicted octanol–water partition coefficient (Wildman–Crippen LogP) is -0.871. The van der Waals surface area contributed by atoms with Crippen molar-refractivity contribution in [2.75, 3.05) is 0 Å². The first-order chi connectivity index (χ1) is 3.18. The summed E-state index contributed by atoms with van der Waals surface area (Å²) in [6.45, 7) is 0. The van der Waals surface area contributed by atoms with Crippen LogP contribution in [0.1, 0.15) is 0 Å². The predicted molar refractivity (Wildman–Crippen MR) is 26.0 cm³/mol. The summed E-state index contributed by atoms with van der Waals surface area (Å²) in [5.74, 6) is 0. The van der Waals surface area contributed by atoms with Crippen LogP contribution in [-0.4, -0.2) is 28.1 Å². The van der Waals surface area contributed by atoms with Gasteiger partial charge in [0.2, 0.25) is 0 Å². The van der Waals surface area contributed by atoms with Gasteiger partial charge < -0.3 is 0 Å². The third-order valence-corrected chi connectivity index (χ3v) is 1.31. The third kappa shape index (κ3) is 2.74. The Labute approximate surface area is 49.1 Å². The van der Waals surface area contributed by atoms with Gasteiger partial charge in [-0.25, -0.2) is 0 Å². The summed E-state index contributed by atoms with van der Waals surface area (Å²) in [7, 11) is 0. The minimum absolute atomic E-state index is 0.308. The maximum absolute atomic E-state index is 11.3. The molecular formula is C3H6FNOSe. The van der Waals surface area contributed by atoms with Gasteiger partial charge in [0, 0.05) is 0 Å². The Morgan fingerprint density at radius 1 is 2.00 bits per heavy atom. The van der Waals surface area contributed by atoms with Crippen molar-refractivity contribution in [3.63, 3.8) is 0 Å². The Balaban J connectivity index is 3.34. The first-order valence-corrected chi connectivity index (χ1v) is 3.07. The molecule has 0 aliphatic heterocycles. The van der Waals surface area contributed by atoms with E-state index in [4.69, 9.17) is 5.73 Å². The van der Waals surface area contributed by atoms with E-state index in [0.29, 0.717) is 5.32 Å². The van der Waals surface area contributed by atoms with Gasteiger partial charge in [-0.05, 0) is 0 Å². The van der Waals surface area contributed by atoms with Crippen LogP contribution in [-0.2, 0) is 4.79 Å². The molecule has 0 fully saturated rings. The SMILES string of the molecule is N[C@@H](C[SeH])C(=O)F. The Morgan fingerprint density at radius 3 is 2.43 bits per heavy atom. The van der Waals surface area contributed by atoms with Crippen molar-refractivity contribution in [1.29, 1.82) is 0 Å². The molecule has 0 aromatic carbocycles. The number of carbonyl (C=O) groups excluding carboxylic acids is 1. The standard InChI is InChI=1S/C3H6FNOSe/c4-3(6)2(5)1-7/h2,7H,1,5H2/t2-/m0/s1. The summed E-state index contributed by atoms with van der Waals surface area (Å²) in [5.41, 5.74) is 4.88. The Morgan fingerprint density at radius 2 is 2.43 bits per heavy atom. The van der Waals surface area contributed by atoms with E-state index in [2.05, 4.69) is 0 Å². The Bertz CT molecular complexity index is 77.3. The van der Waals surface area contributed by atoms with E-state index in [1.54, 1.807) is 0 Å². The van der Waals surface area contributed by atoms with Crippen LogP contribution in [0.15, 0.2) is 0 Å². The summed E-state index contributed by atoms with van der Waals surface area (Å²) < 4.78 is 11.3. The Kier molecular flexibility index (Phi) is 3.17. The van der Waals surface area contributed by atoms with E-state index in [1.165, 1.54) is 0 Å². The van der Waals surface area contributed by atoms with E-state index in [9.17, 15) is 9.18 Å². The average Bonchev–Trinajstić information content (AvgIpc) is 1.65. The molecule has 0 heterocycles. The quantitative estimate of drug-likeness (QED) is 0.432. The van der Waals surface area contributed by atoms with Gasteiger partial charge in [0.25, 0.3) is 0 Å². The van der Waals surface area contributed by atoms with Gasteiger partial charge in [-0.1, -0.05) is 0 Å². The molecule has 0 amide bonds. The van der Waals surface area contributed by atoms with Gasteiger partial charge >= 0.3 is 48.3 Å². The molecule has 2 N–H and O–H groups in total. The number of nitrogens with two attached hydrogens (primary N) is 1. The normalized spacial score (nSPS) is 13.6. The van der Waals surface area contributed by atoms with Gasteiger partial charge in [-0.15, -0.1) is 0 Å². The van der Waals surface area contributed by atoms with Crippen molar-refractivity contribution in [3.8, 4) is 0 Å². The molecule has 0 aromatic heterocycles. The first kappa shape index (κ1) is 7.08. The number of carbonyl (C=O) groups is 1. The summed E-state index contributed by atoms with van der Waals surface area (Å²) in [4.78, 5) is 9.57. The van der Waals surface area contributed by atoms with E-state index >= 15 is 0 Å². The molecule has 1 atom stereocenters. The molecule has 0 unspecified atom stereocenters. The van der Waals surface area contributed by atoms with Crippen LogP contribution in [0.3, 0.4) is 0 Å². The molecule has 0 aliphatic rings. The van der Waals surface area contributed by atoms with Crippen molar-refractivity contribution in [3.05, 3.63) is 0 Å². The minimum atomic E-state index is -1.44. The van der Waals surface area contributed by atoms with Gasteiger partial charge in [-0.2, -0.15) is 0 Å². The van der Waals surface area contributed by atoms with Crippen molar-refractivity contribution in [1.82, 2.24) is 0 Å². The molecular weight excluding hydrogens is 164 g/mol. The monoisotopic (exact) mass is 171 g/mol. The van der Waals surface area contributed by atoms with E-state index < -0.39 is 12.1 Å². The second-order valence-electron chi connectivity index (χ2n) is 1.09. The molecule has 0 spiro atoms. The number of hydrogen-bond acceptors (Lipinski definition) is 2. The molecule has 0 rings (SSSR count). The molecule has 0 aliphatic carbocycles. The number of hydrogen-bond donors (Lipinski definition) is 1.